The van der Waals surface area contributed by atoms with Gasteiger partial charge in [0.15, 0.2) is 0 Å². The summed E-state index contributed by atoms with van der Waals surface area (Å²) < 4.78 is 42.5. The molecule has 0 aromatic heterocycles. The highest BCUT2D eigenvalue weighted by Gasteiger charge is 2.30. The molecule has 2 N–H and O–H groups in total. The Balaban J connectivity index is 1.89. The maximum atomic E-state index is 12.7. The molecule has 2 aromatic carbocycles. The molecule has 8 heteroatoms. The average Bonchev–Trinajstić information content (AvgIpc) is 2.65. The molecule has 27 heavy (non-hydrogen) atoms. The van der Waals surface area contributed by atoms with E-state index in [-0.39, 0.29) is 12.1 Å². The van der Waals surface area contributed by atoms with Gasteiger partial charge in [0.1, 0.15) is 0 Å². The Morgan fingerprint density at radius 1 is 1.11 bits per heavy atom. The van der Waals surface area contributed by atoms with Gasteiger partial charge in [-0.15, -0.1) is 0 Å². The van der Waals surface area contributed by atoms with Crippen LogP contribution in [0, 0.1) is 0 Å². The Morgan fingerprint density at radius 2 is 1.81 bits per heavy atom. The summed E-state index contributed by atoms with van der Waals surface area (Å²) in [5.41, 5.74) is 0.830. The van der Waals surface area contributed by atoms with E-state index in [1.807, 2.05) is 0 Å². The first kappa shape index (κ1) is 20.0. The number of halogens is 3. The lowest BCUT2D eigenvalue weighted by molar-refractivity contribution is -0.137. The molecule has 0 heterocycles. The van der Waals surface area contributed by atoms with Crippen molar-refractivity contribution in [2.75, 3.05) is 12.4 Å². The Morgan fingerprint density at radius 3 is 2.44 bits per heavy atom. The van der Waals surface area contributed by atoms with Crippen molar-refractivity contribution in [3.8, 4) is 0 Å². The van der Waals surface area contributed by atoms with Crippen LogP contribution in [-0.4, -0.2) is 19.1 Å². The molecular formula is C19H17F3N2O3. The number of rotatable bonds is 5. The lowest BCUT2D eigenvalue weighted by atomic mass is 10.1. The van der Waals surface area contributed by atoms with E-state index in [1.54, 1.807) is 24.3 Å². The number of carbonyl (C=O) groups is 2. The normalized spacial score (nSPS) is 11.3. The Hall–Kier alpha value is -3.29. The van der Waals surface area contributed by atoms with Crippen LogP contribution in [0.4, 0.5) is 23.7 Å². The van der Waals surface area contributed by atoms with Gasteiger partial charge in [-0.05, 0) is 41.5 Å². The van der Waals surface area contributed by atoms with Gasteiger partial charge < -0.3 is 10.1 Å². The van der Waals surface area contributed by atoms with Crippen molar-refractivity contribution in [2.24, 2.45) is 0 Å². The summed E-state index contributed by atoms with van der Waals surface area (Å²) in [5, 5.41) is 5.12. The largest absolute Gasteiger partial charge is 0.453 e. The van der Waals surface area contributed by atoms with E-state index >= 15 is 0 Å². The Labute approximate surface area is 153 Å². The maximum absolute atomic E-state index is 12.7. The van der Waals surface area contributed by atoms with E-state index in [0.717, 1.165) is 17.7 Å². The van der Waals surface area contributed by atoms with E-state index in [1.165, 1.54) is 31.4 Å². The number of benzene rings is 2. The van der Waals surface area contributed by atoms with Crippen molar-refractivity contribution in [1.29, 1.82) is 0 Å². The zero-order chi connectivity index (χ0) is 19.9. The van der Waals surface area contributed by atoms with Crippen LogP contribution in [0.5, 0.6) is 0 Å². The summed E-state index contributed by atoms with van der Waals surface area (Å²) in [7, 11) is 1.26. The van der Waals surface area contributed by atoms with Gasteiger partial charge in [-0.1, -0.05) is 24.3 Å². The first-order valence-corrected chi connectivity index (χ1v) is 7.85. The fourth-order valence-electron chi connectivity index (χ4n) is 2.11. The number of hydrogen-bond acceptors (Lipinski definition) is 3. The quantitative estimate of drug-likeness (QED) is 0.766. The van der Waals surface area contributed by atoms with Gasteiger partial charge in [0.05, 0.1) is 12.7 Å². The third-order valence-corrected chi connectivity index (χ3v) is 3.49. The van der Waals surface area contributed by atoms with Crippen molar-refractivity contribution >= 4 is 23.8 Å². The number of methoxy groups -OCH3 is 1. The number of hydrogen-bond donors (Lipinski definition) is 2. The fraction of sp³-hybridized carbons (Fsp3) is 0.158. The minimum absolute atomic E-state index is 0.226. The molecule has 0 unspecified atom stereocenters. The second kappa shape index (κ2) is 8.88. The van der Waals surface area contributed by atoms with Crippen molar-refractivity contribution < 1.29 is 27.5 Å². The molecule has 142 valence electrons. The summed E-state index contributed by atoms with van der Waals surface area (Å²) in [4.78, 5) is 22.9. The number of ether oxygens (including phenoxy) is 1. The molecule has 0 bridgehead atoms. The van der Waals surface area contributed by atoms with Crippen LogP contribution in [0.3, 0.4) is 0 Å². The highest BCUT2D eigenvalue weighted by atomic mass is 19.4. The summed E-state index contributed by atoms with van der Waals surface area (Å²) in [6, 6.07) is 11.4. The van der Waals surface area contributed by atoms with Crippen LogP contribution in [-0.2, 0) is 22.3 Å². The molecule has 0 saturated carbocycles. The predicted molar refractivity (Wildman–Crippen MR) is 94.8 cm³/mol. The smallest absolute Gasteiger partial charge is 0.416 e. The van der Waals surface area contributed by atoms with Crippen molar-refractivity contribution in [1.82, 2.24) is 5.32 Å². The second-order valence-corrected chi connectivity index (χ2v) is 5.49. The zero-order valence-electron chi connectivity index (χ0n) is 14.3. The van der Waals surface area contributed by atoms with E-state index < -0.39 is 23.7 Å². The van der Waals surface area contributed by atoms with Crippen LogP contribution < -0.4 is 10.6 Å². The fourth-order valence-corrected chi connectivity index (χ4v) is 2.11. The molecule has 0 radical (unpaired) electrons. The van der Waals surface area contributed by atoms with Crippen molar-refractivity contribution in [3.05, 3.63) is 71.3 Å². The molecule has 0 atom stereocenters. The molecule has 5 nitrogen and oxygen atoms in total. The first-order valence-electron chi connectivity index (χ1n) is 7.85. The number of alkyl halides is 3. The SMILES string of the molecule is COC(=O)Nc1ccc(CNC(=O)/C=C\c2cccc(C(F)(F)F)c2)cc1. The standard InChI is InChI=1S/C19H17F3N2O3/c1-27-18(26)24-16-8-5-14(6-9-16)12-23-17(25)10-7-13-3-2-4-15(11-13)19(20,21)22/h2-11H,12H2,1H3,(H,23,25)(H,24,26)/b10-7-. The molecule has 0 saturated heterocycles. The van der Waals surface area contributed by atoms with Crippen molar-refractivity contribution in [2.45, 2.75) is 12.7 Å². The van der Waals surface area contributed by atoms with Crippen LogP contribution in [0.2, 0.25) is 0 Å². The summed E-state index contributed by atoms with van der Waals surface area (Å²) >= 11 is 0. The van der Waals surface area contributed by atoms with E-state index in [0.29, 0.717) is 5.69 Å². The van der Waals surface area contributed by atoms with E-state index in [2.05, 4.69) is 15.4 Å². The number of nitrogens with one attached hydrogen (secondary N) is 2. The molecule has 0 aliphatic carbocycles. The molecule has 0 fully saturated rings. The molecule has 0 spiro atoms. The minimum atomic E-state index is -4.43. The first-order chi connectivity index (χ1) is 12.8. The van der Waals surface area contributed by atoms with Crippen LogP contribution in [0.1, 0.15) is 16.7 Å². The molecule has 0 aliphatic heterocycles. The molecule has 2 aromatic rings. The highest BCUT2D eigenvalue weighted by molar-refractivity contribution is 5.91. The molecule has 2 amide bonds. The third-order valence-electron chi connectivity index (χ3n) is 3.49. The third kappa shape index (κ3) is 6.50. The lowest BCUT2D eigenvalue weighted by Gasteiger charge is -2.07. The van der Waals surface area contributed by atoms with Gasteiger partial charge in [0.2, 0.25) is 5.91 Å². The minimum Gasteiger partial charge on any atom is -0.453 e. The topological polar surface area (TPSA) is 67.4 Å². The van der Waals surface area contributed by atoms with Crippen LogP contribution in [0.25, 0.3) is 6.08 Å². The van der Waals surface area contributed by atoms with Gasteiger partial charge in [-0.3, -0.25) is 10.1 Å². The number of carbonyl (C=O) groups excluding carboxylic acids is 2. The molecule has 0 aliphatic rings. The second-order valence-electron chi connectivity index (χ2n) is 5.49. The number of amides is 2. The van der Waals surface area contributed by atoms with Gasteiger partial charge in [0, 0.05) is 18.3 Å². The predicted octanol–water partition coefficient (Wildman–Crippen LogP) is 4.21. The van der Waals surface area contributed by atoms with Crippen LogP contribution in [0.15, 0.2) is 54.6 Å². The van der Waals surface area contributed by atoms with Gasteiger partial charge >= 0.3 is 12.3 Å². The lowest BCUT2D eigenvalue weighted by Crippen LogP contribution is -2.20. The monoisotopic (exact) mass is 378 g/mol. The number of anilines is 1. The van der Waals surface area contributed by atoms with E-state index in [9.17, 15) is 22.8 Å². The van der Waals surface area contributed by atoms with E-state index in [4.69, 9.17) is 0 Å². The summed E-state index contributed by atoms with van der Waals surface area (Å²) in [6.07, 6.45) is -2.53. The zero-order valence-corrected chi connectivity index (χ0v) is 14.3. The maximum Gasteiger partial charge on any atom is 0.416 e. The molecular weight excluding hydrogens is 361 g/mol. The van der Waals surface area contributed by atoms with Gasteiger partial charge in [-0.25, -0.2) is 4.79 Å². The Bertz CT molecular complexity index is 831. The van der Waals surface area contributed by atoms with Crippen LogP contribution >= 0.6 is 0 Å². The Kier molecular flexibility index (Phi) is 6.59. The van der Waals surface area contributed by atoms with Gasteiger partial charge in [-0.2, -0.15) is 13.2 Å². The summed E-state index contributed by atoms with van der Waals surface area (Å²) in [5.74, 6) is -0.441. The van der Waals surface area contributed by atoms with Gasteiger partial charge in [0.25, 0.3) is 0 Å². The highest BCUT2D eigenvalue weighted by Crippen LogP contribution is 2.29. The summed E-state index contributed by atoms with van der Waals surface area (Å²) in [6.45, 7) is 0.226. The average molecular weight is 378 g/mol. The molecule has 2 rings (SSSR count). The van der Waals surface area contributed by atoms with Crippen molar-refractivity contribution in [3.63, 3.8) is 0 Å².